The molecule has 0 N–H and O–H groups in total. The SMILES string of the molecule is CC(c1ccccc1)N(C)C(=O)COC(=O)c1cccc(OCc2cscn2)c1. The van der Waals surface area contributed by atoms with Gasteiger partial charge in [0.05, 0.1) is 22.8 Å². The lowest BCUT2D eigenvalue weighted by molar-refractivity contribution is -0.135. The van der Waals surface area contributed by atoms with Gasteiger partial charge in [0.25, 0.3) is 5.91 Å². The molecule has 1 unspecified atom stereocenters. The zero-order chi connectivity index (χ0) is 20.6. The van der Waals surface area contributed by atoms with E-state index in [1.54, 1.807) is 41.7 Å². The summed E-state index contributed by atoms with van der Waals surface area (Å²) in [5.41, 5.74) is 3.90. The number of aromatic nitrogens is 1. The van der Waals surface area contributed by atoms with Crippen molar-refractivity contribution in [3.05, 3.63) is 82.3 Å². The Bertz CT molecular complexity index is 944. The zero-order valence-electron chi connectivity index (χ0n) is 16.3. The largest absolute Gasteiger partial charge is 0.487 e. The highest BCUT2D eigenvalue weighted by molar-refractivity contribution is 7.07. The van der Waals surface area contributed by atoms with E-state index >= 15 is 0 Å². The van der Waals surface area contributed by atoms with Crippen LogP contribution in [0.25, 0.3) is 0 Å². The summed E-state index contributed by atoms with van der Waals surface area (Å²) in [6.07, 6.45) is 0. The van der Waals surface area contributed by atoms with E-state index in [-0.39, 0.29) is 18.6 Å². The van der Waals surface area contributed by atoms with Gasteiger partial charge in [0.2, 0.25) is 0 Å². The average Bonchev–Trinajstić information content (AvgIpc) is 3.29. The minimum atomic E-state index is -0.571. The van der Waals surface area contributed by atoms with Gasteiger partial charge in [-0.05, 0) is 30.7 Å². The molecule has 7 heteroatoms. The van der Waals surface area contributed by atoms with Crippen molar-refractivity contribution in [3.8, 4) is 5.75 Å². The second-order valence-electron chi connectivity index (χ2n) is 6.46. The number of hydrogen-bond acceptors (Lipinski definition) is 6. The first-order valence-electron chi connectivity index (χ1n) is 9.12. The summed E-state index contributed by atoms with van der Waals surface area (Å²) in [6, 6.07) is 16.2. The van der Waals surface area contributed by atoms with Crippen LogP contribution in [-0.2, 0) is 16.1 Å². The van der Waals surface area contributed by atoms with Crippen molar-refractivity contribution < 1.29 is 19.1 Å². The molecule has 0 aliphatic carbocycles. The molecular formula is C22H22N2O4S. The van der Waals surface area contributed by atoms with Gasteiger partial charge in [0, 0.05) is 12.4 Å². The zero-order valence-corrected chi connectivity index (χ0v) is 17.1. The minimum absolute atomic E-state index is 0.121. The molecule has 0 bridgehead atoms. The van der Waals surface area contributed by atoms with Gasteiger partial charge in [-0.1, -0.05) is 36.4 Å². The molecule has 0 aliphatic rings. The molecule has 2 aromatic carbocycles. The van der Waals surface area contributed by atoms with E-state index in [9.17, 15) is 9.59 Å². The Hall–Kier alpha value is -3.19. The standard InChI is InChI=1S/C22H22N2O4S/c1-16(17-7-4-3-5-8-17)24(2)21(25)13-28-22(26)18-9-6-10-20(11-18)27-12-19-14-29-15-23-19/h3-11,14-16H,12-13H2,1-2H3. The van der Waals surface area contributed by atoms with Crippen molar-refractivity contribution in [2.75, 3.05) is 13.7 Å². The quantitative estimate of drug-likeness (QED) is 0.523. The summed E-state index contributed by atoms with van der Waals surface area (Å²) >= 11 is 1.49. The number of thiazole rings is 1. The Kier molecular flexibility index (Phi) is 6.97. The van der Waals surface area contributed by atoms with E-state index in [0.717, 1.165) is 11.3 Å². The lowest BCUT2D eigenvalue weighted by atomic mass is 10.1. The van der Waals surface area contributed by atoms with Gasteiger partial charge in [0.1, 0.15) is 12.4 Å². The van der Waals surface area contributed by atoms with Gasteiger partial charge in [-0.3, -0.25) is 4.79 Å². The molecule has 150 valence electrons. The molecule has 1 amide bonds. The molecule has 3 aromatic rings. The fraction of sp³-hybridized carbons (Fsp3) is 0.227. The highest BCUT2D eigenvalue weighted by atomic mass is 32.1. The number of rotatable bonds is 8. The molecule has 1 aromatic heterocycles. The third-order valence-corrected chi connectivity index (χ3v) is 5.16. The smallest absolute Gasteiger partial charge is 0.338 e. The fourth-order valence-electron chi connectivity index (χ4n) is 2.66. The highest BCUT2D eigenvalue weighted by Gasteiger charge is 2.19. The first kappa shape index (κ1) is 20.5. The van der Waals surface area contributed by atoms with Crippen LogP contribution in [0.3, 0.4) is 0 Å². The lowest BCUT2D eigenvalue weighted by Gasteiger charge is -2.25. The molecular weight excluding hydrogens is 388 g/mol. The van der Waals surface area contributed by atoms with Crippen molar-refractivity contribution in [1.29, 1.82) is 0 Å². The average molecular weight is 410 g/mol. The van der Waals surface area contributed by atoms with E-state index < -0.39 is 5.97 Å². The van der Waals surface area contributed by atoms with Crippen molar-refractivity contribution in [1.82, 2.24) is 9.88 Å². The van der Waals surface area contributed by atoms with E-state index in [1.807, 2.05) is 42.6 Å². The number of hydrogen-bond donors (Lipinski definition) is 0. The Morgan fingerprint density at radius 2 is 1.93 bits per heavy atom. The number of likely N-dealkylation sites (N-methyl/N-ethyl adjacent to an activating group) is 1. The predicted molar refractivity (Wildman–Crippen MR) is 111 cm³/mol. The van der Waals surface area contributed by atoms with Gasteiger partial charge in [-0.25, -0.2) is 9.78 Å². The van der Waals surface area contributed by atoms with E-state index in [1.165, 1.54) is 11.3 Å². The number of nitrogens with zero attached hydrogens (tertiary/aromatic N) is 2. The molecule has 0 radical (unpaired) electrons. The maximum atomic E-state index is 12.4. The lowest BCUT2D eigenvalue weighted by Crippen LogP contribution is -2.33. The molecule has 1 heterocycles. The van der Waals surface area contributed by atoms with Crippen LogP contribution >= 0.6 is 11.3 Å². The Labute approximate surface area is 173 Å². The van der Waals surface area contributed by atoms with Crippen LogP contribution in [0.1, 0.15) is 34.6 Å². The third-order valence-electron chi connectivity index (χ3n) is 4.52. The van der Waals surface area contributed by atoms with Crippen LogP contribution in [0.5, 0.6) is 5.75 Å². The second-order valence-corrected chi connectivity index (χ2v) is 7.18. The molecule has 0 saturated heterocycles. The number of ether oxygens (including phenoxy) is 2. The molecule has 6 nitrogen and oxygen atoms in total. The molecule has 3 rings (SSSR count). The maximum absolute atomic E-state index is 12.4. The molecule has 0 spiro atoms. The van der Waals surface area contributed by atoms with Crippen molar-refractivity contribution in [2.24, 2.45) is 0 Å². The first-order valence-corrected chi connectivity index (χ1v) is 10.1. The molecule has 0 saturated carbocycles. The molecule has 29 heavy (non-hydrogen) atoms. The number of amides is 1. The van der Waals surface area contributed by atoms with Crippen LogP contribution < -0.4 is 4.74 Å². The topological polar surface area (TPSA) is 68.7 Å². The highest BCUT2D eigenvalue weighted by Crippen LogP contribution is 2.19. The van der Waals surface area contributed by atoms with E-state index in [4.69, 9.17) is 9.47 Å². The Balaban J connectivity index is 1.53. The van der Waals surface area contributed by atoms with E-state index in [2.05, 4.69) is 4.98 Å². The summed E-state index contributed by atoms with van der Waals surface area (Å²) in [4.78, 5) is 30.5. The summed E-state index contributed by atoms with van der Waals surface area (Å²) in [7, 11) is 1.70. The van der Waals surface area contributed by atoms with Crippen molar-refractivity contribution >= 4 is 23.2 Å². The van der Waals surface area contributed by atoms with Gasteiger partial charge in [-0.2, -0.15) is 0 Å². The monoisotopic (exact) mass is 410 g/mol. The van der Waals surface area contributed by atoms with Gasteiger partial charge >= 0.3 is 5.97 Å². The fourth-order valence-corrected chi connectivity index (χ4v) is 3.21. The Morgan fingerprint density at radius 3 is 2.66 bits per heavy atom. The summed E-state index contributed by atoms with van der Waals surface area (Å²) in [5, 5.41) is 1.90. The number of carbonyl (C=O) groups excluding carboxylic acids is 2. The van der Waals surface area contributed by atoms with Crippen LogP contribution in [0.4, 0.5) is 0 Å². The minimum Gasteiger partial charge on any atom is -0.487 e. The second kappa shape index (κ2) is 9.84. The van der Waals surface area contributed by atoms with Gasteiger partial charge in [0.15, 0.2) is 6.61 Å². The van der Waals surface area contributed by atoms with Crippen molar-refractivity contribution in [3.63, 3.8) is 0 Å². The summed E-state index contributed by atoms with van der Waals surface area (Å²) in [6.45, 7) is 1.93. The number of benzene rings is 2. The first-order chi connectivity index (χ1) is 14.0. The predicted octanol–water partition coefficient (Wildman–Crippen LogP) is 4.10. The number of esters is 1. The van der Waals surface area contributed by atoms with Crippen LogP contribution in [-0.4, -0.2) is 35.4 Å². The van der Waals surface area contributed by atoms with Gasteiger partial charge < -0.3 is 14.4 Å². The van der Waals surface area contributed by atoms with E-state index in [0.29, 0.717) is 17.9 Å². The van der Waals surface area contributed by atoms with Crippen molar-refractivity contribution in [2.45, 2.75) is 19.6 Å². The molecule has 0 aliphatic heterocycles. The Morgan fingerprint density at radius 1 is 1.14 bits per heavy atom. The van der Waals surface area contributed by atoms with Crippen LogP contribution in [0.2, 0.25) is 0 Å². The maximum Gasteiger partial charge on any atom is 0.338 e. The molecule has 1 atom stereocenters. The summed E-state index contributed by atoms with van der Waals surface area (Å²) < 4.78 is 10.9. The molecule has 0 fully saturated rings. The number of carbonyl (C=O) groups is 2. The third kappa shape index (κ3) is 5.65. The van der Waals surface area contributed by atoms with Crippen LogP contribution in [0.15, 0.2) is 65.5 Å². The van der Waals surface area contributed by atoms with Gasteiger partial charge in [-0.15, -0.1) is 11.3 Å². The van der Waals surface area contributed by atoms with Crippen LogP contribution in [0, 0.1) is 0 Å². The summed E-state index contributed by atoms with van der Waals surface area (Å²) in [5.74, 6) is -0.308. The normalized spacial score (nSPS) is 11.5.